The molecule has 3 aromatic rings. The first kappa shape index (κ1) is 19.3. The van der Waals surface area contributed by atoms with E-state index in [1.54, 1.807) is 0 Å². The Balaban J connectivity index is 1.50. The van der Waals surface area contributed by atoms with Gasteiger partial charge in [-0.2, -0.15) is 4.98 Å². The van der Waals surface area contributed by atoms with Gasteiger partial charge in [0.05, 0.1) is 31.6 Å². The van der Waals surface area contributed by atoms with Crippen LogP contribution in [-0.4, -0.2) is 40.7 Å². The molecule has 1 aromatic carbocycles. The number of thiazole rings is 1. The largest absolute Gasteiger partial charge is 0.475 e. The van der Waals surface area contributed by atoms with Crippen molar-refractivity contribution in [2.24, 2.45) is 5.41 Å². The number of carbonyl (C=O) groups is 1. The van der Waals surface area contributed by atoms with E-state index in [2.05, 4.69) is 20.3 Å². The van der Waals surface area contributed by atoms with E-state index < -0.39 is 17.5 Å². The Morgan fingerprint density at radius 2 is 2.10 bits per heavy atom. The molecule has 1 aliphatic heterocycles. The Labute approximate surface area is 168 Å². The number of rotatable bonds is 6. The molecule has 0 atom stereocenters. The Kier molecular flexibility index (Phi) is 5.20. The molecule has 0 unspecified atom stereocenters. The molecular formula is C19H16F2N4O3S. The van der Waals surface area contributed by atoms with Crippen molar-refractivity contribution in [3.63, 3.8) is 0 Å². The van der Waals surface area contributed by atoms with Gasteiger partial charge in [-0.05, 0) is 12.1 Å². The van der Waals surface area contributed by atoms with Crippen molar-refractivity contribution < 1.29 is 23.0 Å². The lowest BCUT2D eigenvalue weighted by Gasteiger charge is -2.37. The number of amides is 1. The van der Waals surface area contributed by atoms with Crippen molar-refractivity contribution in [3.05, 3.63) is 53.4 Å². The number of benzene rings is 1. The van der Waals surface area contributed by atoms with Gasteiger partial charge in [-0.25, -0.2) is 18.7 Å². The van der Waals surface area contributed by atoms with Gasteiger partial charge in [0, 0.05) is 10.8 Å². The van der Waals surface area contributed by atoms with Crippen LogP contribution in [0.4, 0.5) is 14.5 Å². The molecule has 7 nitrogen and oxygen atoms in total. The number of aromatic nitrogens is 3. The SMILES string of the molecule is CC1(COc2ncncc2NC(=O)c2csc(-c3c(F)cccc3F)n2)COC1. The summed E-state index contributed by atoms with van der Waals surface area (Å²) in [7, 11) is 0. The van der Waals surface area contributed by atoms with Crippen LogP contribution in [0.5, 0.6) is 5.88 Å². The summed E-state index contributed by atoms with van der Waals surface area (Å²) >= 11 is 0.970. The van der Waals surface area contributed by atoms with Crippen LogP contribution in [-0.2, 0) is 4.74 Å². The third-order valence-corrected chi connectivity index (χ3v) is 5.16. The van der Waals surface area contributed by atoms with E-state index in [1.165, 1.54) is 24.0 Å². The summed E-state index contributed by atoms with van der Waals surface area (Å²) in [5, 5.41) is 4.13. The van der Waals surface area contributed by atoms with Crippen LogP contribution in [0.1, 0.15) is 17.4 Å². The second kappa shape index (κ2) is 7.80. The van der Waals surface area contributed by atoms with Crippen LogP contribution in [0.2, 0.25) is 0 Å². The van der Waals surface area contributed by atoms with E-state index in [9.17, 15) is 13.6 Å². The molecule has 0 radical (unpaired) electrons. The summed E-state index contributed by atoms with van der Waals surface area (Å²) in [5.41, 5.74) is -0.0748. The highest BCUT2D eigenvalue weighted by atomic mass is 32.1. The van der Waals surface area contributed by atoms with Gasteiger partial charge < -0.3 is 14.8 Å². The average Bonchev–Trinajstić information content (AvgIpc) is 3.15. The fourth-order valence-electron chi connectivity index (χ4n) is 2.68. The zero-order valence-corrected chi connectivity index (χ0v) is 16.1. The smallest absolute Gasteiger partial charge is 0.275 e. The molecule has 1 fully saturated rings. The molecule has 0 saturated carbocycles. The number of carbonyl (C=O) groups excluding carboxylic acids is 1. The average molecular weight is 418 g/mol. The number of anilines is 1. The van der Waals surface area contributed by atoms with Crippen molar-refractivity contribution in [3.8, 4) is 16.5 Å². The molecule has 0 spiro atoms. The third kappa shape index (κ3) is 4.08. The highest BCUT2D eigenvalue weighted by Crippen LogP contribution is 2.31. The maximum atomic E-state index is 13.9. The zero-order chi connectivity index (χ0) is 20.4. The summed E-state index contributed by atoms with van der Waals surface area (Å²) in [6, 6.07) is 3.54. The summed E-state index contributed by atoms with van der Waals surface area (Å²) < 4.78 is 38.8. The van der Waals surface area contributed by atoms with E-state index in [0.29, 0.717) is 19.8 Å². The van der Waals surface area contributed by atoms with Gasteiger partial charge >= 0.3 is 0 Å². The highest BCUT2D eigenvalue weighted by Gasteiger charge is 2.34. The molecule has 10 heteroatoms. The monoisotopic (exact) mass is 418 g/mol. The molecule has 1 N–H and O–H groups in total. The van der Waals surface area contributed by atoms with Crippen LogP contribution in [0.15, 0.2) is 36.1 Å². The molecular weight excluding hydrogens is 402 g/mol. The van der Waals surface area contributed by atoms with Gasteiger partial charge in [-0.1, -0.05) is 13.0 Å². The molecule has 1 aliphatic rings. The van der Waals surface area contributed by atoms with Crippen molar-refractivity contribution in [2.75, 3.05) is 25.1 Å². The fourth-order valence-corrected chi connectivity index (χ4v) is 3.52. The van der Waals surface area contributed by atoms with E-state index in [-0.39, 0.29) is 33.2 Å². The second-order valence-corrected chi connectivity index (χ2v) is 7.78. The minimum atomic E-state index is -0.744. The maximum absolute atomic E-state index is 13.9. The van der Waals surface area contributed by atoms with E-state index in [0.717, 1.165) is 23.5 Å². The van der Waals surface area contributed by atoms with Crippen molar-refractivity contribution in [2.45, 2.75) is 6.92 Å². The lowest BCUT2D eigenvalue weighted by atomic mass is 9.90. The predicted octanol–water partition coefficient (Wildman–Crippen LogP) is 3.55. The summed E-state index contributed by atoms with van der Waals surface area (Å²) in [5.74, 6) is -1.84. The minimum absolute atomic E-state index is 0.0156. The Morgan fingerprint density at radius 1 is 1.34 bits per heavy atom. The van der Waals surface area contributed by atoms with Crippen LogP contribution in [0.25, 0.3) is 10.6 Å². The fraction of sp³-hybridized carbons (Fsp3) is 0.263. The van der Waals surface area contributed by atoms with Crippen LogP contribution >= 0.6 is 11.3 Å². The topological polar surface area (TPSA) is 86.2 Å². The molecule has 0 aliphatic carbocycles. The maximum Gasteiger partial charge on any atom is 0.275 e. The van der Waals surface area contributed by atoms with Gasteiger partial charge in [0.15, 0.2) is 0 Å². The molecule has 2 aromatic heterocycles. The first-order chi connectivity index (χ1) is 14.0. The van der Waals surface area contributed by atoms with Gasteiger partial charge in [-0.15, -0.1) is 11.3 Å². The Morgan fingerprint density at radius 3 is 2.79 bits per heavy atom. The predicted molar refractivity (Wildman–Crippen MR) is 102 cm³/mol. The van der Waals surface area contributed by atoms with E-state index in [4.69, 9.17) is 9.47 Å². The van der Waals surface area contributed by atoms with Crippen molar-refractivity contribution in [1.82, 2.24) is 15.0 Å². The summed E-state index contributed by atoms with van der Waals surface area (Å²) in [4.78, 5) is 24.6. The van der Waals surface area contributed by atoms with Crippen LogP contribution in [0.3, 0.4) is 0 Å². The highest BCUT2D eigenvalue weighted by molar-refractivity contribution is 7.13. The van der Waals surface area contributed by atoms with Gasteiger partial charge in [0.1, 0.15) is 34.4 Å². The molecule has 150 valence electrons. The number of halogens is 2. The number of nitrogens with one attached hydrogen (secondary N) is 1. The second-order valence-electron chi connectivity index (χ2n) is 6.92. The lowest BCUT2D eigenvalue weighted by molar-refractivity contribution is -0.120. The quantitative estimate of drug-likeness (QED) is 0.659. The first-order valence-corrected chi connectivity index (χ1v) is 9.55. The van der Waals surface area contributed by atoms with E-state index in [1.807, 2.05) is 6.92 Å². The molecule has 0 bridgehead atoms. The van der Waals surface area contributed by atoms with Crippen LogP contribution < -0.4 is 10.1 Å². The minimum Gasteiger partial charge on any atom is -0.475 e. The lowest BCUT2D eigenvalue weighted by Crippen LogP contribution is -2.44. The van der Waals surface area contributed by atoms with Crippen LogP contribution in [0, 0.1) is 17.0 Å². The molecule has 4 rings (SSSR count). The molecule has 3 heterocycles. The third-order valence-electron chi connectivity index (χ3n) is 4.30. The van der Waals surface area contributed by atoms with E-state index >= 15 is 0 Å². The summed E-state index contributed by atoms with van der Waals surface area (Å²) in [6.45, 7) is 3.58. The number of ether oxygens (including phenoxy) is 2. The zero-order valence-electron chi connectivity index (χ0n) is 15.3. The van der Waals surface area contributed by atoms with Gasteiger partial charge in [0.2, 0.25) is 5.88 Å². The van der Waals surface area contributed by atoms with Gasteiger partial charge in [0.25, 0.3) is 5.91 Å². The number of hydrogen-bond acceptors (Lipinski definition) is 7. The van der Waals surface area contributed by atoms with Crippen molar-refractivity contribution >= 4 is 22.9 Å². The molecule has 1 amide bonds. The molecule has 1 saturated heterocycles. The standard InChI is InChI=1S/C19H16F2N4O3S/c1-19(7-27-8-19)9-28-17-13(5-22-10-23-17)24-16(26)14-6-29-18(25-14)15-11(20)3-2-4-12(15)21/h2-6,10H,7-9H2,1H3,(H,24,26). The Hall–Kier alpha value is -2.98. The first-order valence-electron chi connectivity index (χ1n) is 8.67. The summed E-state index contributed by atoms with van der Waals surface area (Å²) in [6.07, 6.45) is 2.72. The normalized spacial score (nSPS) is 14.9. The van der Waals surface area contributed by atoms with Crippen molar-refractivity contribution in [1.29, 1.82) is 0 Å². The number of hydrogen-bond donors (Lipinski definition) is 1. The molecule has 29 heavy (non-hydrogen) atoms. The number of nitrogens with zero attached hydrogens (tertiary/aromatic N) is 3. The van der Waals surface area contributed by atoms with Gasteiger partial charge in [-0.3, -0.25) is 4.79 Å². The Bertz CT molecular complexity index is 1040.